The predicted octanol–water partition coefficient (Wildman–Crippen LogP) is 2.90. The number of rotatable bonds is 3. The van der Waals surface area contributed by atoms with Crippen LogP contribution < -0.4 is 0 Å². The monoisotopic (exact) mass is 341 g/mol. The highest BCUT2D eigenvalue weighted by atomic mass is 35.5. The molecule has 5 nitrogen and oxygen atoms in total. The third-order valence-electron chi connectivity index (χ3n) is 3.83. The van der Waals surface area contributed by atoms with Crippen LogP contribution in [0.1, 0.15) is 5.69 Å². The Morgan fingerprint density at radius 2 is 1.92 bits per heavy atom. The predicted molar refractivity (Wildman–Crippen MR) is 91.8 cm³/mol. The Bertz CT molecular complexity index is 796. The molecule has 0 spiro atoms. The van der Waals surface area contributed by atoms with Crippen molar-refractivity contribution in [1.82, 2.24) is 9.47 Å². The lowest BCUT2D eigenvalue weighted by Crippen LogP contribution is -2.41. The summed E-state index contributed by atoms with van der Waals surface area (Å²) in [5.74, 6) is -0.260. The lowest BCUT2D eigenvalue weighted by molar-refractivity contribution is -0.130. The van der Waals surface area contributed by atoms with E-state index in [1.165, 1.54) is 0 Å². The molecular formula is C18H16ClN3O2. The molecule has 1 aliphatic rings. The highest BCUT2D eigenvalue weighted by Crippen LogP contribution is 2.18. The lowest BCUT2D eigenvalue weighted by atomic mass is 10.2. The Labute approximate surface area is 145 Å². The Morgan fingerprint density at radius 1 is 1.21 bits per heavy atom. The van der Waals surface area contributed by atoms with E-state index in [9.17, 15) is 10.1 Å². The van der Waals surface area contributed by atoms with Crippen molar-refractivity contribution >= 4 is 23.6 Å². The molecule has 1 aromatic carbocycles. The number of benzene rings is 1. The van der Waals surface area contributed by atoms with Gasteiger partial charge in [0.25, 0.3) is 5.91 Å². The summed E-state index contributed by atoms with van der Waals surface area (Å²) >= 11 is 5.92. The summed E-state index contributed by atoms with van der Waals surface area (Å²) in [5, 5.41) is 10.1. The first-order chi connectivity index (χ1) is 11.7. The molecule has 2 heterocycles. The number of halogens is 1. The molecule has 0 N–H and O–H groups in total. The van der Waals surface area contributed by atoms with Gasteiger partial charge >= 0.3 is 0 Å². The largest absolute Gasteiger partial charge is 0.378 e. The molecule has 0 saturated carbocycles. The van der Waals surface area contributed by atoms with Gasteiger partial charge in [0.15, 0.2) is 0 Å². The van der Waals surface area contributed by atoms with Gasteiger partial charge in [0.05, 0.1) is 13.2 Å². The number of carbonyl (C=O) groups excluding carboxylic acids is 1. The molecule has 1 aliphatic heterocycles. The van der Waals surface area contributed by atoms with Crippen LogP contribution in [-0.4, -0.2) is 41.7 Å². The Kier molecular flexibility index (Phi) is 4.99. The molecule has 1 aromatic heterocycles. The summed E-state index contributed by atoms with van der Waals surface area (Å²) < 4.78 is 7.15. The van der Waals surface area contributed by atoms with Gasteiger partial charge in [0.2, 0.25) is 0 Å². The topological polar surface area (TPSA) is 58.3 Å². The van der Waals surface area contributed by atoms with Crippen molar-refractivity contribution in [2.75, 3.05) is 26.3 Å². The molecule has 0 bridgehead atoms. The average molecular weight is 342 g/mol. The van der Waals surface area contributed by atoms with Gasteiger partial charge in [-0.1, -0.05) is 11.6 Å². The van der Waals surface area contributed by atoms with E-state index in [0.717, 1.165) is 11.4 Å². The zero-order chi connectivity index (χ0) is 16.9. The lowest BCUT2D eigenvalue weighted by Gasteiger charge is -2.26. The van der Waals surface area contributed by atoms with Crippen molar-refractivity contribution in [3.63, 3.8) is 0 Å². The fourth-order valence-electron chi connectivity index (χ4n) is 2.58. The van der Waals surface area contributed by atoms with Gasteiger partial charge in [0, 0.05) is 35.7 Å². The SMILES string of the molecule is N#C/C(=C/c1cccn1-c1ccc(Cl)cc1)C(=O)N1CCOCC1. The molecule has 3 rings (SSSR count). The van der Waals surface area contributed by atoms with Crippen molar-refractivity contribution in [2.45, 2.75) is 0 Å². The number of morpholine rings is 1. The molecule has 122 valence electrons. The number of carbonyl (C=O) groups is 1. The number of hydrogen-bond acceptors (Lipinski definition) is 3. The molecule has 2 aromatic rings. The molecule has 24 heavy (non-hydrogen) atoms. The van der Waals surface area contributed by atoms with Crippen LogP contribution in [0.15, 0.2) is 48.2 Å². The summed E-state index contributed by atoms with van der Waals surface area (Å²) in [6, 6.07) is 13.1. The van der Waals surface area contributed by atoms with E-state index in [2.05, 4.69) is 0 Å². The van der Waals surface area contributed by atoms with Crippen molar-refractivity contribution in [1.29, 1.82) is 5.26 Å². The van der Waals surface area contributed by atoms with Gasteiger partial charge in [-0.15, -0.1) is 0 Å². The molecular weight excluding hydrogens is 326 g/mol. The molecule has 1 fully saturated rings. The number of nitriles is 1. The molecule has 0 atom stereocenters. The summed E-state index contributed by atoms with van der Waals surface area (Å²) in [4.78, 5) is 14.1. The summed E-state index contributed by atoms with van der Waals surface area (Å²) in [7, 11) is 0. The summed E-state index contributed by atoms with van der Waals surface area (Å²) in [6.07, 6.45) is 3.50. The normalized spacial score (nSPS) is 15.2. The highest BCUT2D eigenvalue weighted by Gasteiger charge is 2.21. The van der Waals surface area contributed by atoms with Gasteiger partial charge in [-0.25, -0.2) is 0 Å². The zero-order valence-electron chi connectivity index (χ0n) is 13.0. The third kappa shape index (κ3) is 3.51. The van der Waals surface area contributed by atoms with Gasteiger partial charge in [-0.3, -0.25) is 4.79 Å². The van der Waals surface area contributed by atoms with Gasteiger partial charge in [-0.05, 0) is 42.5 Å². The van der Waals surface area contributed by atoms with E-state index >= 15 is 0 Å². The first kappa shape index (κ1) is 16.3. The first-order valence-corrected chi connectivity index (χ1v) is 7.99. The van der Waals surface area contributed by atoms with Crippen molar-refractivity contribution in [3.05, 3.63) is 58.9 Å². The van der Waals surface area contributed by atoms with Crippen molar-refractivity contribution in [2.24, 2.45) is 0 Å². The zero-order valence-corrected chi connectivity index (χ0v) is 13.7. The van der Waals surface area contributed by atoms with Crippen LogP contribution in [0.25, 0.3) is 11.8 Å². The molecule has 1 amide bonds. The van der Waals surface area contributed by atoms with Crippen molar-refractivity contribution in [3.8, 4) is 11.8 Å². The Balaban J connectivity index is 1.89. The number of nitrogens with zero attached hydrogens (tertiary/aromatic N) is 3. The van der Waals surface area contributed by atoms with Crippen LogP contribution in [0.3, 0.4) is 0 Å². The number of ether oxygens (including phenoxy) is 1. The van der Waals surface area contributed by atoms with E-state index in [1.54, 1.807) is 23.1 Å². The van der Waals surface area contributed by atoms with E-state index < -0.39 is 0 Å². The van der Waals surface area contributed by atoms with Crippen LogP contribution >= 0.6 is 11.6 Å². The van der Waals surface area contributed by atoms with Crippen LogP contribution in [0.5, 0.6) is 0 Å². The smallest absolute Gasteiger partial charge is 0.264 e. The average Bonchev–Trinajstić information content (AvgIpc) is 3.08. The second kappa shape index (κ2) is 7.35. The molecule has 1 saturated heterocycles. The molecule has 0 radical (unpaired) electrons. The number of hydrogen-bond donors (Lipinski definition) is 0. The second-order valence-corrected chi connectivity index (χ2v) is 5.79. The minimum atomic E-state index is -0.260. The number of aromatic nitrogens is 1. The minimum absolute atomic E-state index is 0.116. The number of amides is 1. The quantitative estimate of drug-likeness (QED) is 0.637. The fraction of sp³-hybridized carbons (Fsp3) is 0.222. The third-order valence-corrected chi connectivity index (χ3v) is 4.08. The maximum absolute atomic E-state index is 12.5. The summed E-state index contributed by atoms with van der Waals surface area (Å²) in [5.41, 5.74) is 1.79. The highest BCUT2D eigenvalue weighted by molar-refractivity contribution is 6.30. The van der Waals surface area contributed by atoms with Gasteiger partial charge < -0.3 is 14.2 Å². The summed E-state index contributed by atoms with van der Waals surface area (Å²) in [6.45, 7) is 2.03. The van der Waals surface area contributed by atoms with Crippen molar-refractivity contribution < 1.29 is 9.53 Å². The van der Waals surface area contributed by atoms with E-state index in [-0.39, 0.29) is 11.5 Å². The fourth-order valence-corrected chi connectivity index (χ4v) is 2.70. The molecule has 0 aliphatic carbocycles. The van der Waals surface area contributed by atoms with E-state index in [4.69, 9.17) is 16.3 Å². The standard InChI is InChI=1S/C18H16ClN3O2/c19-15-3-5-16(6-4-15)22-7-1-2-17(22)12-14(13-20)18(23)21-8-10-24-11-9-21/h1-7,12H,8-11H2/b14-12-. The Morgan fingerprint density at radius 3 is 2.58 bits per heavy atom. The van der Waals surface area contributed by atoms with E-state index in [0.29, 0.717) is 31.3 Å². The second-order valence-electron chi connectivity index (χ2n) is 5.35. The van der Waals surface area contributed by atoms with Crippen LogP contribution in [0, 0.1) is 11.3 Å². The van der Waals surface area contributed by atoms with Crippen LogP contribution in [0.2, 0.25) is 5.02 Å². The van der Waals surface area contributed by atoms with Crippen LogP contribution in [0.4, 0.5) is 0 Å². The molecule has 0 unspecified atom stereocenters. The van der Waals surface area contributed by atoms with Crippen LogP contribution in [-0.2, 0) is 9.53 Å². The first-order valence-electron chi connectivity index (χ1n) is 7.61. The van der Waals surface area contributed by atoms with Gasteiger partial charge in [-0.2, -0.15) is 5.26 Å². The Hall–Kier alpha value is -2.55. The molecule has 6 heteroatoms. The minimum Gasteiger partial charge on any atom is -0.378 e. The maximum atomic E-state index is 12.5. The van der Waals surface area contributed by atoms with E-state index in [1.807, 2.05) is 41.1 Å². The maximum Gasteiger partial charge on any atom is 0.264 e. The van der Waals surface area contributed by atoms with Gasteiger partial charge in [0.1, 0.15) is 11.6 Å².